The lowest BCUT2D eigenvalue weighted by Gasteiger charge is -2.35. The predicted molar refractivity (Wildman–Crippen MR) is 112 cm³/mol. The summed E-state index contributed by atoms with van der Waals surface area (Å²) >= 11 is 3.01. The molecule has 2 aliphatic heterocycles. The number of amides is 1. The molecule has 29 heavy (non-hydrogen) atoms. The molecule has 1 unspecified atom stereocenters. The van der Waals surface area contributed by atoms with Crippen LogP contribution in [0.2, 0.25) is 0 Å². The molecule has 0 bridgehead atoms. The maximum absolute atomic E-state index is 12.5. The molecule has 0 aromatic carbocycles. The summed E-state index contributed by atoms with van der Waals surface area (Å²) in [6, 6.07) is 7.14. The molecule has 150 valence electrons. The van der Waals surface area contributed by atoms with E-state index < -0.39 is 5.97 Å². The van der Waals surface area contributed by atoms with Gasteiger partial charge in [-0.15, -0.1) is 11.3 Å². The average molecular weight is 430 g/mol. The minimum absolute atomic E-state index is 0.134. The number of thioether (sulfide) groups is 1. The molecular weight excluding hydrogens is 410 g/mol. The summed E-state index contributed by atoms with van der Waals surface area (Å²) in [4.78, 5) is 32.6. The SMILES string of the molecule is COC(=O)C1=C(C)N=C2SC=C(CC(=O)NCc3ccco3)N2C1c1cccs1. The highest BCUT2D eigenvalue weighted by Crippen LogP contribution is 2.45. The third-order valence-electron chi connectivity index (χ3n) is 4.60. The first-order valence-corrected chi connectivity index (χ1v) is 10.7. The van der Waals surface area contributed by atoms with E-state index in [1.165, 1.54) is 18.9 Å². The van der Waals surface area contributed by atoms with Gasteiger partial charge in [0.1, 0.15) is 11.8 Å². The van der Waals surface area contributed by atoms with E-state index in [9.17, 15) is 9.59 Å². The zero-order chi connectivity index (χ0) is 20.4. The van der Waals surface area contributed by atoms with Gasteiger partial charge in [0.05, 0.1) is 37.6 Å². The molecule has 1 amide bonds. The van der Waals surface area contributed by atoms with Gasteiger partial charge >= 0.3 is 5.97 Å². The number of nitrogens with zero attached hydrogens (tertiary/aromatic N) is 2. The molecule has 1 N–H and O–H groups in total. The maximum Gasteiger partial charge on any atom is 0.338 e. The van der Waals surface area contributed by atoms with E-state index in [1.54, 1.807) is 23.7 Å². The Hall–Kier alpha value is -2.78. The van der Waals surface area contributed by atoms with Crippen LogP contribution < -0.4 is 5.32 Å². The van der Waals surface area contributed by atoms with Crippen molar-refractivity contribution in [2.75, 3.05) is 7.11 Å². The smallest absolute Gasteiger partial charge is 0.338 e. The highest BCUT2D eigenvalue weighted by molar-refractivity contribution is 8.16. The lowest BCUT2D eigenvalue weighted by Crippen LogP contribution is -2.37. The summed E-state index contributed by atoms with van der Waals surface area (Å²) in [6.45, 7) is 2.14. The molecular formula is C20H19N3O4S2. The number of carbonyl (C=O) groups is 2. The summed E-state index contributed by atoms with van der Waals surface area (Å²) in [7, 11) is 1.37. The fraction of sp³-hybridized carbons (Fsp3) is 0.250. The highest BCUT2D eigenvalue weighted by Gasteiger charge is 2.41. The van der Waals surface area contributed by atoms with Crippen molar-refractivity contribution in [1.82, 2.24) is 10.2 Å². The molecule has 2 aromatic heterocycles. The Balaban J connectivity index is 1.58. The number of carbonyl (C=O) groups excluding carboxylic acids is 2. The van der Waals surface area contributed by atoms with Crippen molar-refractivity contribution in [1.29, 1.82) is 0 Å². The van der Waals surface area contributed by atoms with Gasteiger partial charge in [-0.05, 0) is 35.9 Å². The molecule has 0 saturated carbocycles. The monoisotopic (exact) mass is 429 g/mol. The first-order chi connectivity index (χ1) is 14.1. The Morgan fingerprint density at radius 3 is 2.90 bits per heavy atom. The molecule has 0 spiro atoms. The largest absolute Gasteiger partial charge is 0.467 e. The van der Waals surface area contributed by atoms with Gasteiger partial charge in [-0.2, -0.15) is 0 Å². The fourth-order valence-electron chi connectivity index (χ4n) is 3.28. The van der Waals surface area contributed by atoms with Gasteiger partial charge in [-0.3, -0.25) is 4.79 Å². The van der Waals surface area contributed by atoms with Crippen LogP contribution in [0.3, 0.4) is 0 Å². The zero-order valence-electron chi connectivity index (χ0n) is 15.9. The third kappa shape index (κ3) is 3.88. The number of hydrogen-bond acceptors (Lipinski definition) is 8. The van der Waals surface area contributed by atoms with Crippen molar-refractivity contribution in [2.45, 2.75) is 25.9 Å². The van der Waals surface area contributed by atoms with Gasteiger partial charge in [0.2, 0.25) is 5.91 Å². The Labute approximate surface area is 176 Å². The number of amidine groups is 1. The number of allylic oxidation sites excluding steroid dienone is 1. The van der Waals surface area contributed by atoms with E-state index in [0.29, 0.717) is 23.6 Å². The summed E-state index contributed by atoms with van der Waals surface area (Å²) in [5.74, 6) is 0.142. The number of furan rings is 1. The predicted octanol–water partition coefficient (Wildman–Crippen LogP) is 3.80. The van der Waals surface area contributed by atoms with Crippen LogP contribution in [0.25, 0.3) is 0 Å². The van der Waals surface area contributed by atoms with Crippen LogP contribution in [0.1, 0.15) is 30.0 Å². The van der Waals surface area contributed by atoms with Gasteiger partial charge in [-0.1, -0.05) is 17.8 Å². The first-order valence-electron chi connectivity index (χ1n) is 8.93. The van der Waals surface area contributed by atoms with E-state index in [0.717, 1.165) is 15.7 Å². The van der Waals surface area contributed by atoms with Crippen molar-refractivity contribution in [2.24, 2.45) is 4.99 Å². The van der Waals surface area contributed by atoms with Crippen molar-refractivity contribution in [3.63, 3.8) is 0 Å². The summed E-state index contributed by atoms with van der Waals surface area (Å²) in [5.41, 5.74) is 1.91. The Morgan fingerprint density at radius 1 is 1.34 bits per heavy atom. The van der Waals surface area contributed by atoms with E-state index >= 15 is 0 Å². The van der Waals surface area contributed by atoms with Crippen molar-refractivity contribution >= 4 is 40.1 Å². The normalized spacial score (nSPS) is 18.3. The minimum Gasteiger partial charge on any atom is -0.467 e. The summed E-state index contributed by atoms with van der Waals surface area (Å²) in [5, 5.41) is 7.49. The minimum atomic E-state index is -0.415. The van der Waals surface area contributed by atoms with Crippen LogP contribution >= 0.6 is 23.1 Å². The molecule has 4 rings (SSSR count). The number of aliphatic imine (C=N–C) groups is 1. The number of ether oxygens (including phenoxy) is 1. The van der Waals surface area contributed by atoms with Gasteiger partial charge < -0.3 is 19.4 Å². The summed E-state index contributed by atoms with van der Waals surface area (Å²) in [6.07, 6.45) is 1.74. The van der Waals surface area contributed by atoms with E-state index in [2.05, 4.69) is 10.3 Å². The number of hydrogen-bond donors (Lipinski definition) is 1. The zero-order valence-corrected chi connectivity index (χ0v) is 17.5. The maximum atomic E-state index is 12.5. The van der Waals surface area contributed by atoms with Crippen LogP contribution in [-0.4, -0.2) is 29.1 Å². The number of rotatable bonds is 6. The molecule has 9 heteroatoms. The van der Waals surface area contributed by atoms with Crippen molar-refractivity contribution in [3.05, 3.63) is 68.9 Å². The van der Waals surface area contributed by atoms with E-state index in [4.69, 9.17) is 9.15 Å². The van der Waals surface area contributed by atoms with Gasteiger partial charge in [-0.25, -0.2) is 9.79 Å². The topological polar surface area (TPSA) is 84.1 Å². The Bertz CT molecular complexity index is 1010. The summed E-state index contributed by atoms with van der Waals surface area (Å²) < 4.78 is 10.3. The van der Waals surface area contributed by atoms with Gasteiger partial charge in [0.25, 0.3) is 0 Å². The van der Waals surface area contributed by atoms with Crippen LogP contribution in [0.4, 0.5) is 0 Å². The number of fused-ring (bicyclic) bond motifs is 1. The third-order valence-corrected chi connectivity index (χ3v) is 6.41. The van der Waals surface area contributed by atoms with Crippen LogP contribution in [-0.2, 0) is 20.9 Å². The van der Waals surface area contributed by atoms with Crippen LogP contribution in [0.5, 0.6) is 0 Å². The van der Waals surface area contributed by atoms with Crippen molar-refractivity contribution in [3.8, 4) is 0 Å². The second kappa shape index (κ2) is 8.30. The average Bonchev–Trinajstić information content (AvgIpc) is 3.47. The second-order valence-electron chi connectivity index (χ2n) is 6.43. The number of esters is 1. The number of thiophene rings is 1. The molecule has 0 radical (unpaired) electrons. The molecule has 4 heterocycles. The van der Waals surface area contributed by atoms with Crippen LogP contribution in [0.15, 0.2) is 67.7 Å². The Kier molecular flexibility index (Phi) is 5.59. The molecule has 0 aliphatic carbocycles. The molecule has 7 nitrogen and oxygen atoms in total. The lowest BCUT2D eigenvalue weighted by atomic mass is 9.99. The first kappa shape index (κ1) is 19.5. The fourth-order valence-corrected chi connectivity index (χ4v) is 5.07. The van der Waals surface area contributed by atoms with Gasteiger partial charge in [0.15, 0.2) is 5.17 Å². The molecule has 0 saturated heterocycles. The lowest BCUT2D eigenvalue weighted by molar-refractivity contribution is -0.136. The quantitative estimate of drug-likeness (QED) is 0.704. The van der Waals surface area contributed by atoms with Crippen LogP contribution in [0, 0.1) is 0 Å². The van der Waals surface area contributed by atoms with E-state index in [-0.39, 0.29) is 18.4 Å². The number of methoxy groups -OCH3 is 1. The van der Waals surface area contributed by atoms with Crippen molar-refractivity contribution < 1.29 is 18.7 Å². The molecule has 2 aliphatic rings. The second-order valence-corrected chi connectivity index (χ2v) is 8.25. The number of nitrogens with one attached hydrogen (secondary N) is 1. The van der Waals surface area contributed by atoms with E-state index in [1.807, 2.05) is 40.8 Å². The molecule has 0 fully saturated rings. The molecule has 1 atom stereocenters. The Morgan fingerprint density at radius 2 is 2.21 bits per heavy atom. The standard InChI is InChI=1S/C20H19N3O4S2/c1-12-17(19(25)26-2)18(15-6-4-8-28-15)23-13(11-29-20(23)22-12)9-16(24)21-10-14-5-3-7-27-14/h3-8,11,18H,9-10H2,1-2H3,(H,21,24). The molecule has 2 aromatic rings. The highest BCUT2D eigenvalue weighted by atomic mass is 32.2. The van der Waals surface area contributed by atoms with Gasteiger partial charge in [0, 0.05) is 10.6 Å².